The summed E-state index contributed by atoms with van der Waals surface area (Å²) in [6.07, 6.45) is 27.3. The van der Waals surface area contributed by atoms with Crippen molar-refractivity contribution in [1.82, 2.24) is 15.1 Å². The van der Waals surface area contributed by atoms with E-state index in [1.54, 1.807) is 0 Å². The van der Waals surface area contributed by atoms with Crippen LogP contribution in [0, 0.1) is 5.92 Å². The first kappa shape index (κ1) is 56.6. The van der Waals surface area contributed by atoms with Crippen molar-refractivity contribution in [3.05, 3.63) is 12.2 Å². The molecule has 61 heavy (non-hydrogen) atoms. The summed E-state index contributed by atoms with van der Waals surface area (Å²) in [5.74, 6) is -5.11. The fraction of sp³-hybridized carbons (Fsp3) is 0.875. The van der Waals surface area contributed by atoms with Crippen molar-refractivity contribution in [2.45, 2.75) is 238 Å². The van der Waals surface area contributed by atoms with Crippen LogP contribution in [0.4, 0.5) is 0 Å². The van der Waals surface area contributed by atoms with Gasteiger partial charge in [0.1, 0.15) is 18.2 Å². The van der Waals surface area contributed by atoms with E-state index in [0.29, 0.717) is 12.8 Å². The monoisotopic (exact) mass is 866 g/mol. The number of nitrogens with two attached hydrogens (primary N) is 2. The third kappa shape index (κ3) is 22.7. The highest BCUT2D eigenvalue weighted by atomic mass is 16.6. The molecule has 1 aliphatic rings. The van der Waals surface area contributed by atoms with Crippen LogP contribution >= 0.6 is 0 Å². The molecule has 0 aromatic rings. The molecule has 0 bridgehead atoms. The number of amides is 4. The van der Waals surface area contributed by atoms with E-state index in [4.69, 9.17) is 16.2 Å². The largest absolute Gasteiger partial charge is 0.394 e. The number of imide groups is 1. The van der Waals surface area contributed by atoms with Crippen LogP contribution in [0.25, 0.3) is 0 Å². The second-order valence-corrected chi connectivity index (χ2v) is 17.8. The molecule has 1 fully saturated rings. The predicted octanol–water partition coefficient (Wildman–Crippen LogP) is 7.51. The number of nitrogens with zero attached hydrogens (tertiary/aromatic N) is 2. The zero-order chi connectivity index (χ0) is 45.3. The number of carbonyl (C=O) groups excluding carboxylic acids is 4. The van der Waals surface area contributed by atoms with Crippen LogP contribution in [0.1, 0.15) is 207 Å². The van der Waals surface area contributed by atoms with Gasteiger partial charge in [0, 0.05) is 19.4 Å². The van der Waals surface area contributed by atoms with E-state index < -0.39 is 74.0 Å². The first-order chi connectivity index (χ1) is 29.4. The van der Waals surface area contributed by atoms with E-state index >= 15 is 0 Å². The Bertz CT molecular complexity index is 1200. The van der Waals surface area contributed by atoms with Gasteiger partial charge in [-0.15, -0.1) is 0 Å². The maximum atomic E-state index is 14.7. The van der Waals surface area contributed by atoms with Crippen molar-refractivity contribution in [3.8, 4) is 0 Å². The number of nitrogens with one attached hydrogen (secondary N) is 1. The van der Waals surface area contributed by atoms with Gasteiger partial charge in [-0.25, -0.2) is 4.90 Å². The highest BCUT2D eigenvalue weighted by Gasteiger charge is 2.58. The number of ether oxygens (including phenoxy) is 1. The molecule has 1 heterocycles. The van der Waals surface area contributed by atoms with Crippen LogP contribution in [-0.4, -0.2) is 105 Å². The molecule has 356 valence electrons. The summed E-state index contributed by atoms with van der Waals surface area (Å²) in [4.78, 5) is 58.0. The van der Waals surface area contributed by atoms with E-state index in [-0.39, 0.29) is 31.2 Å². The fourth-order valence-electron chi connectivity index (χ4n) is 8.36. The Balaban J connectivity index is 3.27. The van der Waals surface area contributed by atoms with E-state index in [2.05, 4.69) is 31.3 Å². The zero-order valence-electron chi connectivity index (χ0n) is 39.1. The maximum Gasteiger partial charge on any atom is 0.255 e. The lowest BCUT2D eigenvalue weighted by molar-refractivity contribution is -0.312. The first-order valence-corrected chi connectivity index (χ1v) is 24.6. The Morgan fingerprint density at radius 1 is 0.705 bits per heavy atom. The Hall–Kier alpha value is -2.42. The number of aliphatic hydroxyl groups is 3. The molecule has 13 nitrogen and oxygen atoms in total. The summed E-state index contributed by atoms with van der Waals surface area (Å²) in [6, 6.07) is -1.24. The minimum absolute atomic E-state index is 0.0912. The van der Waals surface area contributed by atoms with Gasteiger partial charge in [-0.05, 0) is 50.9 Å². The van der Waals surface area contributed by atoms with Crippen molar-refractivity contribution in [1.29, 1.82) is 0 Å². The molecule has 0 spiro atoms. The van der Waals surface area contributed by atoms with Crippen LogP contribution in [0.3, 0.4) is 0 Å². The van der Waals surface area contributed by atoms with Crippen molar-refractivity contribution >= 4 is 23.6 Å². The SMILES string of the molecule is CCCCCCCCC=CCCCCCCCC(=O)N(CCCCCCCCCCCCCC)[C@@]1(N(C(=O)CN)C(=O)[C@H](CC(C)C)NC(=O)CN)C[C@@H](O)[C@H](O)[C@@H](CO)O1. The molecule has 0 aromatic carbocycles. The fourth-order valence-corrected chi connectivity index (χ4v) is 8.36. The smallest absolute Gasteiger partial charge is 0.255 e. The number of aliphatic hydroxyl groups excluding tert-OH is 3. The minimum Gasteiger partial charge on any atom is -0.394 e. The first-order valence-electron chi connectivity index (χ1n) is 24.6. The van der Waals surface area contributed by atoms with Crippen LogP contribution in [0.2, 0.25) is 0 Å². The van der Waals surface area contributed by atoms with Gasteiger partial charge in [0.2, 0.25) is 23.6 Å². The lowest BCUT2D eigenvalue weighted by Crippen LogP contribution is -2.75. The lowest BCUT2D eigenvalue weighted by Gasteiger charge is -2.54. The molecule has 0 saturated carbocycles. The van der Waals surface area contributed by atoms with Crippen molar-refractivity contribution < 1.29 is 39.2 Å². The highest BCUT2D eigenvalue weighted by Crippen LogP contribution is 2.38. The Labute approximate surface area is 370 Å². The average Bonchev–Trinajstić information content (AvgIpc) is 3.24. The highest BCUT2D eigenvalue weighted by molar-refractivity contribution is 6.01. The summed E-state index contributed by atoms with van der Waals surface area (Å²) in [5.41, 5.74) is 11.6. The molecule has 0 unspecified atom stereocenters. The molecule has 0 aliphatic carbocycles. The van der Waals surface area contributed by atoms with E-state index in [1.165, 1.54) is 88.4 Å². The third-order valence-corrected chi connectivity index (χ3v) is 11.9. The number of carbonyl (C=O) groups is 4. The maximum absolute atomic E-state index is 14.7. The van der Waals surface area contributed by atoms with E-state index in [0.717, 1.165) is 69.1 Å². The Morgan fingerprint density at radius 2 is 1.18 bits per heavy atom. The molecular formula is C48H91N5O8. The van der Waals surface area contributed by atoms with Gasteiger partial charge in [-0.1, -0.05) is 162 Å². The number of allylic oxidation sites excluding steroid dienone is 2. The quantitative estimate of drug-likeness (QED) is 0.0206. The Kier molecular flexibility index (Phi) is 32.5. The van der Waals surface area contributed by atoms with Crippen molar-refractivity contribution in [2.75, 3.05) is 26.2 Å². The molecule has 4 amide bonds. The van der Waals surface area contributed by atoms with Gasteiger partial charge < -0.3 is 36.8 Å². The lowest BCUT2D eigenvalue weighted by atomic mass is 9.93. The Morgan fingerprint density at radius 3 is 1.64 bits per heavy atom. The normalized spacial score (nSPS) is 19.7. The van der Waals surface area contributed by atoms with Crippen molar-refractivity contribution in [3.63, 3.8) is 0 Å². The van der Waals surface area contributed by atoms with Crippen molar-refractivity contribution in [2.24, 2.45) is 17.4 Å². The van der Waals surface area contributed by atoms with Crippen LogP contribution in [0.15, 0.2) is 12.2 Å². The molecule has 1 saturated heterocycles. The molecule has 8 N–H and O–H groups in total. The predicted molar refractivity (Wildman–Crippen MR) is 245 cm³/mol. The van der Waals surface area contributed by atoms with E-state index in [9.17, 15) is 34.5 Å². The van der Waals surface area contributed by atoms with Crippen LogP contribution < -0.4 is 16.8 Å². The van der Waals surface area contributed by atoms with Gasteiger partial charge in [0.25, 0.3) is 5.91 Å². The second kappa shape index (κ2) is 35.0. The number of unbranched alkanes of at least 4 members (excludes halogenated alkanes) is 22. The second-order valence-electron chi connectivity index (χ2n) is 17.8. The van der Waals surface area contributed by atoms with Crippen LogP contribution in [0.5, 0.6) is 0 Å². The summed E-state index contributed by atoms with van der Waals surface area (Å²) in [6.45, 7) is 6.47. The van der Waals surface area contributed by atoms with Crippen LogP contribution in [-0.2, 0) is 23.9 Å². The summed E-state index contributed by atoms with van der Waals surface area (Å²) in [7, 11) is 0. The standard InChI is InChI=1S/C48H91N5O8/c1-5-7-9-11-13-15-17-19-20-21-22-24-26-28-30-32-44(57)52(33-31-29-27-25-23-18-16-14-12-10-8-6-2)48(35-41(55)46(59)42(38-54)61-48)53(45(58)37-50)47(60)40(34-39(3)4)51-43(56)36-49/h19-20,39-42,46,54-55,59H,5-18,21-38,49-50H2,1-4H3,(H,51,56)/t40-,41+,42+,46-,48+/m0/s1. The molecule has 0 aromatic heterocycles. The average molecular weight is 866 g/mol. The summed E-state index contributed by atoms with van der Waals surface area (Å²) < 4.78 is 6.40. The van der Waals surface area contributed by atoms with Gasteiger partial charge in [-0.2, -0.15) is 0 Å². The number of rotatable bonds is 37. The number of hydrogen-bond donors (Lipinski definition) is 6. The van der Waals surface area contributed by atoms with E-state index in [1.807, 2.05) is 13.8 Å². The molecule has 1 rings (SSSR count). The van der Waals surface area contributed by atoms with Gasteiger partial charge in [0.15, 0.2) is 0 Å². The summed E-state index contributed by atoms with van der Waals surface area (Å²) in [5, 5.41) is 35.2. The molecular weight excluding hydrogens is 775 g/mol. The number of hydrogen-bond acceptors (Lipinski definition) is 10. The molecule has 5 atom stereocenters. The topological polar surface area (TPSA) is 209 Å². The summed E-state index contributed by atoms with van der Waals surface area (Å²) >= 11 is 0. The molecule has 0 radical (unpaired) electrons. The van der Waals surface area contributed by atoms with Gasteiger partial charge in [-0.3, -0.25) is 24.1 Å². The minimum atomic E-state index is -2.24. The molecule has 13 heteroatoms. The van der Waals surface area contributed by atoms with Gasteiger partial charge >= 0.3 is 0 Å². The zero-order valence-corrected chi connectivity index (χ0v) is 39.1. The third-order valence-electron chi connectivity index (χ3n) is 11.9. The molecule has 1 aliphatic heterocycles. The van der Waals surface area contributed by atoms with Gasteiger partial charge in [0.05, 0.1) is 25.8 Å².